The summed E-state index contributed by atoms with van der Waals surface area (Å²) in [6.07, 6.45) is 7.14. The highest BCUT2D eigenvalue weighted by molar-refractivity contribution is 7.10. The number of hydrogen-bond acceptors (Lipinski definition) is 4. The van der Waals surface area contributed by atoms with E-state index in [0.29, 0.717) is 5.69 Å². The van der Waals surface area contributed by atoms with Crippen LogP contribution in [-0.4, -0.2) is 40.7 Å². The molecular weight excluding hydrogens is 334 g/mol. The van der Waals surface area contributed by atoms with Crippen molar-refractivity contribution < 1.29 is 9.53 Å². The summed E-state index contributed by atoms with van der Waals surface area (Å²) < 4.78 is 6.25. The molecule has 1 spiro atoms. The number of carbonyl (C=O) groups excluding carboxylic acids is 1. The van der Waals surface area contributed by atoms with Gasteiger partial charge in [0.15, 0.2) is 5.69 Å². The summed E-state index contributed by atoms with van der Waals surface area (Å²) in [4.78, 5) is 16.4. The number of H-pyrrole nitrogens is 1. The zero-order valence-electron chi connectivity index (χ0n) is 14.3. The number of fused-ring (bicyclic) bond motifs is 3. The third kappa shape index (κ3) is 2.46. The number of hydrogen-bond donors (Lipinski definition) is 1. The van der Waals surface area contributed by atoms with Crippen LogP contribution in [0.2, 0.25) is 0 Å². The predicted octanol–water partition coefficient (Wildman–Crippen LogP) is 3.05. The van der Waals surface area contributed by atoms with Crippen LogP contribution < -0.4 is 0 Å². The van der Waals surface area contributed by atoms with Crippen LogP contribution in [0.25, 0.3) is 0 Å². The van der Waals surface area contributed by atoms with Gasteiger partial charge in [-0.2, -0.15) is 5.10 Å². The number of thiophene rings is 1. The Morgan fingerprint density at radius 1 is 1.24 bits per heavy atom. The lowest BCUT2D eigenvalue weighted by atomic mass is 9.85. The minimum Gasteiger partial charge on any atom is -0.369 e. The number of piperidine rings is 1. The third-order valence-corrected chi connectivity index (χ3v) is 7.17. The number of amides is 1. The van der Waals surface area contributed by atoms with Crippen molar-refractivity contribution in [3.63, 3.8) is 0 Å². The van der Waals surface area contributed by atoms with Crippen LogP contribution in [-0.2, 0) is 29.6 Å². The van der Waals surface area contributed by atoms with Crippen LogP contribution in [0.1, 0.15) is 57.9 Å². The van der Waals surface area contributed by atoms with E-state index >= 15 is 0 Å². The summed E-state index contributed by atoms with van der Waals surface area (Å²) in [5.74, 6) is 0.0939. The number of aromatic nitrogens is 2. The van der Waals surface area contributed by atoms with Gasteiger partial charge >= 0.3 is 0 Å². The van der Waals surface area contributed by atoms with E-state index in [1.54, 1.807) is 0 Å². The second kappa shape index (κ2) is 5.95. The molecule has 25 heavy (non-hydrogen) atoms. The molecule has 0 atom stereocenters. The standard InChI is InChI=1S/C19H23N3O2S/c23-18(16-14-3-1-2-4-15(14)20-21-16)22-9-7-19(8-10-22)17-13(5-11-24-19)6-12-25-17/h6,12H,1-5,7-11H2,(H,20,21). The summed E-state index contributed by atoms with van der Waals surface area (Å²) in [5, 5.41) is 9.63. The molecule has 3 aliphatic rings. The van der Waals surface area contributed by atoms with E-state index in [4.69, 9.17) is 4.74 Å². The molecule has 1 fully saturated rings. The van der Waals surface area contributed by atoms with Gasteiger partial charge in [-0.05, 0) is 62.0 Å². The topological polar surface area (TPSA) is 58.2 Å². The van der Waals surface area contributed by atoms with Gasteiger partial charge in [-0.25, -0.2) is 0 Å². The minimum atomic E-state index is -0.163. The molecule has 0 aromatic carbocycles. The van der Waals surface area contributed by atoms with Gasteiger partial charge in [0.25, 0.3) is 5.91 Å². The van der Waals surface area contributed by atoms with Gasteiger partial charge in [0.1, 0.15) is 5.60 Å². The van der Waals surface area contributed by atoms with Crippen LogP contribution in [0.5, 0.6) is 0 Å². The van der Waals surface area contributed by atoms with Crippen molar-refractivity contribution in [2.45, 2.75) is 50.5 Å². The summed E-state index contributed by atoms with van der Waals surface area (Å²) in [7, 11) is 0. The molecule has 5 nitrogen and oxygen atoms in total. The van der Waals surface area contributed by atoms with Crippen molar-refractivity contribution in [1.29, 1.82) is 0 Å². The number of carbonyl (C=O) groups is 1. The highest BCUT2D eigenvalue weighted by atomic mass is 32.1. The van der Waals surface area contributed by atoms with Gasteiger partial charge in [-0.15, -0.1) is 11.3 Å². The molecule has 0 unspecified atom stereocenters. The van der Waals surface area contributed by atoms with Crippen LogP contribution in [0.15, 0.2) is 11.4 Å². The molecule has 0 saturated carbocycles. The Balaban J connectivity index is 1.34. The summed E-state index contributed by atoms with van der Waals surface area (Å²) in [6, 6.07) is 2.23. The Morgan fingerprint density at radius 3 is 2.96 bits per heavy atom. The number of rotatable bonds is 1. The highest BCUT2D eigenvalue weighted by Gasteiger charge is 2.43. The van der Waals surface area contributed by atoms with Gasteiger partial charge in [-0.3, -0.25) is 9.89 Å². The van der Waals surface area contributed by atoms with E-state index in [0.717, 1.165) is 63.8 Å². The van der Waals surface area contributed by atoms with Crippen molar-refractivity contribution in [3.05, 3.63) is 38.8 Å². The number of nitrogens with one attached hydrogen (secondary N) is 1. The Hall–Kier alpha value is -1.66. The van der Waals surface area contributed by atoms with Gasteiger partial charge in [-0.1, -0.05) is 0 Å². The van der Waals surface area contributed by atoms with E-state index in [-0.39, 0.29) is 11.5 Å². The zero-order valence-corrected chi connectivity index (χ0v) is 15.2. The lowest BCUT2D eigenvalue weighted by molar-refractivity contribution is -0.0906. The van der Waals surface area contributed by atoms with E-state index in [9.17, 15) is 4.79 Å². The highest BCUT2D eigenvalue weighted by Crippen LogP contribution is 2.44. The smallest absolute Gasteiger partial charge is 0.274 e. The fourth-order valence-electron chi connectivity index (χ4n) is 4.60. The first kappa shape index (κ1) is 15.6. The first-order valence-corrected chi connectivity index (χ1v) is 10.2. The Morgan fingerprint density at radius 2 is 2.08 bits per heavy atom. The molecule has 2 aliphatic heterocycles. The number of likely N-dealkylation sites (tertiary alicyclic amines) is 1. The van der Waals surface area contributed by atoms with E-state index in [2.05, 4.69) is 21.6 Å². The molecule has 1 saturated heterocycles. The molecule has 6 heteroatoms. The van der Waals surface area contributed by atoms with Crippen LogP contribution in [0, 0.1) is 0 Å². The SMILES string of the molecule is O=C(c1n[nH]c2c1CCCC2)N1CCC2(CC1)OCCc1ccsc12. The molecule has 1 aliphatic carbocycles. The molecule has 0 bridgehead atoms. The molecule has 0 radical (unpaired) electrons. The number of nitrogens with zero attached hydrogens (tertiary/aromatic N) is 2. The monoisotopic (exact) mass is 357 g/mol. The first-order valence-electron chi connectivity index (χ1n) is 9.33. The second-order valence-electron chi connectivity index (χ2n) is 7.40. The molecule has 2 aromatic rings. The molecule has 1 amide bonds. The first-order chi connectivity index (χ1) is 12.3. The Labute approximate surface area is 151 Å². The summed E-state index contributed by atoms with van der Waals surface area (Å²) in [5.41, 5.74) is 4.26. The average molecular weight is 357 g/mol. The van der Waals surface area contributed by atoms with Crippen molar-refractivity contribution in [1.82, 2.24) is 15.1 Å². The van der Waals surface area contributed by atoms with Crippen LogP contribution in [0.3, 0.4) is 0 Å². The van der Waals surface area contributed by atoms with Crippen molar-refractivity contribution >= 4 is 17.2 Å². The van der Waals surface area contributed by atoms with Gasteiger partial charge in [0, 0.05) is 29.2 Å². The number of aromatic amines is 1. The second-order valence-corrected chi connectivity index (χ2v) is 8.31. The largest absolute Gasteiger partial charge is 0.369 e. The molecule has 2 aromatic heterocycles. The molecule has 132 valence electrons. The van der Waals surface area contributed by atoms with Gasteiger partial charge in [0.05, 0.1) is 6.61 Å². The maximum Gasteiger partial charge on any atom is 0.274 e. The quantitative estimate of drug-likeness (QED) is 0.853. The zero-order chi connectivity index (χ0) is 16.9. The summed E-state index contributed by atoms with van der Waals surface area (Å²) >= 11 is 1.81. The predicted molar refractivity (Wildman–Crippen MR) is 96.0 cm³/mol. The minimum absolute atomic E-state index is 0.0939. The molecule has 5 rings (SSSR count). The lowest BCUT2D eigenvalue weighted by Gasteiger charge is -2.43. The third-order valence-electron chi connectivity index (χ3n) is 6.03. The summed E-state index contributed by atoms with van der Waals surface area (Å²) in [6.45, 7) is 2.29. The van der Waals surface area contributed by atoms with Crippen molar-refractivity contribution in [3.8, 4) is 0 Å². The molecule has 4 heterocycles. The number of aryl methyl sites for hydroxylation is 1. The molecular formula is C19H23N3O2S. The van der Waals surface area contributed by atoms with Gasteiger partial charge < -0.3 is 9.64 Å². The Kier molecular flexibility index (Phi) is 3.71. The maximum absolute atomic E-state index is 13.0. The van der Waals surface area contributed by atoms with E-state index in [1.165, 1.54) is 22.6 Å². The maximum atomic E-state index is 13.0. The normalized spacial score (nSPS) is 21.8. The van der Waals surface area contributed by atoms with Crippen molar-refractivity contribution in [2.75, 3.05) is 19.7 Å². The molecule has 1 N–H and O–H groups in total. The average Bonchev–Trinajstić information content (AvgIpc) is 3.30. The van der Waals surface area contributed by atoms with E-state index in [1.807, 2.05) is 16.2 Å². The number of ether oxygens (including phenoxy) is 1. The van der Waals surface area contributed by atoms with E-state index < -0.39 is 0 Å². The van der Waals surface area contributed by atoms with Crippen LogP contribution >= 0.6 is 11.3 Å². The van der Waals surface area contributed by atoms with Crippen LogP contribution in [0.4, 0.5) is 0 Å². The fraction of sp³-hybridized carbons (Fsp3) is 0.579. The van der Waals surface area contributed by atoms with Crippen molar-refractivity contribution in [2.24, 2.45) is 0 Å². The van der Waals surface area contributed by atoms with Gasteiger partial charge in [0.2, 0.25) is 0 Å². The fourth-order valence-corrected chi connectivity index (χ4v) is 5.77. The lowest BCUT2D eigenvalue weighted by Crippen LogP contribution is -2.48. The Bertz CT molecular complexity index is 801.